The molecule has 11 heteroatoms. The molecule has 3 heterocycles. The van der Waals surface area contributed by atoms with Crippen molar-refractivity contribution in [2.24, 2.45) is 5.92 Å². The molecule has 0 aliphatic carbocycles. The molecule has 222 valence electrons. The monoisotopic (exact) mass is 584 g/mol. The fourth-order valence-electron chi connectivity index (χ4n) is 6.09. The largest absolute Gasteiger partial charge is 0.419 e. The Labute approximate surface area is 241 Å². The SMILES string of the molecule is CCn1c(=O)oc2cc(NC(=O)CN3CCC[C@]4(C3)CN(S(=O)(=O)c3ccc(C)cc3)[C@@H](CC(C)C)CO4)ccc21. The van der Waals surface area contributed by atoms with Crippen molar-refractivity contribution in [2.45, 2.75) is 70.0 Å². The number of sulfonamides is 1. The van der Waals surface area contributed by atoms with E-state index in [0.717, 1.165) is 18.4 Å². The average Bonchev–Trinajstić information content (AvgIpc) is 3.23. The van der Waals surface area contributed by atoms with Crippen LogP contribution in [0.3, 0.4) is 0 Å². The highest BCUT2D eigenvalue weighted by molar-refractivity contribution is 7.89. The van der Waals surface area contributed by atoms with Crippen LogP contribution in [0.4, 0.5) is 5.69 Å². The number of oxazole rings is 1. The molecule has 1 spiro atoms. The van der Waals surface area contributed by atoms with E-state index in [1.807, 2.05) is 30.9 Å². The standard InChI is InChI=1S/C30H40N4O6S/c1-5-33-26-12-9-23(16-27(26)40-29(33)36)31-28(35)17-32-14-6-13-30(19-32)20-34(24(18-39-30)15-21(2)3)41(37,38)25-10-7-22(4)8-11-25/h7-12,16,21,24H,5-6,13-15,17-20H2,1-4H3,(H,31,35)/t24-,30-/m0/s1. The third kappa shape index (κ3) is 6.28. The molecular weight excluding hydrogens is 544 g/mol. The number of amides is 1. The minimum atomic E-state index is -3.73. The molecule has 41 heavy (non-hydrogen) atoms. The number of fused-ring (bicyclic) bond motifs is 1. The van der Waals surface area contributed by atoms with E-state index >= 15 is 0 Å². The number of hydrogen-bond acceptors (Lipinski definition) is 7. The lowest BCUT2D eigenvalue weighted by atomic mass is 9.89. The molecule has 2 aliphatic rings. The second-order valence-corrected chi connectivity index (χ2v) is 13.7. The van der Waals surface area contributed by atoms with Gasteiger partial charge in [-0.2, -0.15) is 4.31 Å². The summed E-state index contributed by atoms with van der Waals surface area (Å²) in [7, 11) is -3.73. The van der Waals surface area contributed by atoms with E-state index in [0.29, 0.717) is 60.3 Å². The van der Waals surface area contributed by atoms with Crippen molar-refractivity contribution in [3.8, 4) is 0 Å². The number of nitrogens with one attached hydrogen (secondary N) is 1. The highest BCUT2D eigenvalue weighted by Gasteiger charge is 2.47. The molecule has 5 rings (SSSR count). The maximum Gasteiger partial charge on any atom is 0.419 e. The summed E-state index contributed by atoms with van der Waals surface area (Å²) in [6.07, 6.45) is 2.23. The number of aromatic nitrogens is 1. The smallest absolute Gasteiger partial charge is 0.408 e. The molecule has 2 atom stereocenters. The third-order valence-electron chi connectivity index (χ3n) is 8.06. The molecule has 1 aromatic heterocycles. The quantitative estimate of drug-likeness (QED) is 0.428. The number of carbonyl (C=O) groups is 1. The number of piperidine rings is 1. The summed E-state index contributed by atoms with van der Waals surface area (Å²) in [6, 6.07) is 11.9. The molecule has 0 unspecified atom stereocenters. The number of anilines is 1. The topological polar surface area (TPSA) is 114 Å². The van der Waals surface area contributed by atoms with Gasteiger partial charge in [-0.1, -0.05) is 31.5 Å². The Morgan fingerprint density at radius 3 is 2.61 bits per heavy atom. The first kappa shape index (κ1) is 29.5. The van der Waals surface area contributed by atoms with Gasteiger partial charge in [0.05, 0.1) is 29.2 Å². The predicted octanol–water partition coefficient (Wildman–Crippen LogP) is 3.83. The van der Waals surface area contributed by atoms with Gasteiger partial charge in [0, 0.05) is 37.4 Å². The van der Waals surface area contributed by atoms with Gasteiger partial charge in [-0.3, -0.25) is 14.3 Å². The Bertz CT molecular complexity index is 1560. The Balaban J connectivity index is 1.30. The molecule has 1 N–H and O–H groups in total. The van der Waals surface area contributed by atoms with Crippen LogP contribution in [0.5, 0.6) is 0 Å². The normalized spacial score (nSPS) is 22.5. The number of likely N-dealkylation sites (tertiary alicyclic amines) is 1. The molecule has 2 aromatic carbocycles. The van der Waals surface area contributed by atoms with Gasteiger partial charge in [0.2, 0.25) is 15.9 Å². The van der Waals surface area contributed by atoms with Crippen molar-refractivity contribution < 1.29 is 22.4 Å². The number of benzene rings is 2. The summed E-state index contributed by atoms with van der Waals surface area (Å²) in [5.74, 6) is -0.310. The Hall–Kier alpha value is -2.99. The summed E-state index contributed by atoms with van der Waals surface area (Å²) in [5, 5.41) is 2.91. The van der Waals surface area contributed by atoms with E-state index in [1.54, 1.807) is 34.6 Å². The molecule has 2 aliphatic heterocycles. The fourth-order valence-corrected chi connectivity index (χ4v) is 7.79. The van der Waals surface area contributed by atoms with Gasteiger partial charge < -0.3 is 14.5 Å². The molecule has 3 aromatic rings. The van der Waals surface area contributed by atoms with Crippen LogP contribution in [0.1, 0.15) is 45.6 Å². The van der Waals surface area contributed by atoms with Crippen molar-refractivity contribution in [3.05, 3.63) is 58.6 Å². The van der Waals surface area contributed by atoms with Crippen LogP contribution >= 0.6 is 0 Å². The zero-order valence-corrected chi connectivity index (χ0v) is 25.1. The van der Waals surface area contributed by atoms with Crippen LogP contribution in [0.2, 0.25) is 0 Å². The minimum absolute atomic E-state index is 0.142. The minimum Gasteiger partial charge on any atom is -0.408 e. The van der Waals surface area contributed by atoms with E-state index in [9.17, 15) is 18.0 Å². The van der Waals surface area contributed by atoms with Crippen molar-refractivity contribution in [1.82, 2.24) is 13.8 Å². The van der Waals surface area contributed by atoms with Crippen molar-refractivity contribution in [1.29, 1.82) is 0 Å². The van der Waals surface area contributed by atoms with Crippen LogP contribution in [0.15, 0.2) is 56.6 Å². The second kappa shape index (κ2) is 11.7. The van der Waals surface area contributed by atoms with E-state index in [2.05, 4.69) is 19.2 Å². The van der Waals surface area contributed by atoms with Gasteiger partial charge in [0.25, 0.3) is 0 Å². The van der Waals surface area contributed by atoms with E-state index in [4.69, 9.17) is 9.15 Å². The number of aryl methyl sites for hydroxylation is 2. The first-order chi connectivity index (χ1) is 19.5. The molecule has 0 bridgehead atoms. The Morgan fingerprint density at radius 2 is 1.90 bits per heavy atom. The lowest BCUT2D eigenvalue weighted by Gasteiger charge is -2.50. The van der Waals surface area contributed by atoms with Crippen LogP contribution in [-0.2, 0) is 26.1 Å². The van der Waals surface area contributed by atoms with Gasteiger partial charge in [-0.05, 0) is 69.8 Å². The Kier molecular flexibility index (Phi) is 8.43. The fraction of sp³-hybridized carbons (Fsp3) is 0.533. The van der Waals surface area contributed by atoms with Crippen LogP contribution in [-0.4, -0.2) is 72.5 Å². The van der Waals surface area contributed by atoms with E-state index in [-0.39, 0.29) is 25.0 Å². The number of hydrogen-bond donors (Lipinski definition) is 1. The number of morpholine rings is 1. The van der Waals surface area contributed by atoms with Gasteiger partial charge in [-0.25, -0.2) is 13.2 Å². The van der Waals surface area contributed by atoms with Gasteiger partial charge in [0.15, 0.2) is 5.58 Å². The van der Waals surface area contributed by atoms with Crippen LogP contribution in [0, 0.1) is 12.8 Å². The van der Waals surface area contributed by atoms with E-state index in [1.165, 1.54) is 4.57 Å². The zero-order valence-electron chi connectivity index (χ0n) is 24.3. The summed E-state index contributed by atoms with van der Waals surface area (Å²) in [4.78, 5) is 27.4. The van der Waals surface area contributed by atoms with Gasteiger partial charge in [0.1, 0.15) is 0 Å². The van der Waals surface area contributed by atoms with E-state index < -0.39 is 21.4 Å². The number of ether oxygens (including phenoxy) is 1. The third-order valence-corrected chi connectivity index (χ3v) is 9.97. The average molecular weight is 585 g/mol. The highest BCUT2D eigenvalue weighted by atomic mass is 32.2. The maximum atomic E-state index is 13.9. The summed E-state index contributed by atoms with van der Waals surface area (Å²) in [5.41, 5.74) is 1.98. The highest BCUT2D eigenvalue weighted by Crippen LogP contribution is 2.35. The molecule has 2 saturated heterocycles. The molecule has 0 saturated carbocycles. The lowest BCUT2D eigenvalue weighted by molar-refractivity contribution is -0.146. The predicted molar refractivity (Wildman–Crippen MR) is 157 cm³/mol. The zero-order chi connectivity index (χ0) is 29.4. The Morgan fingerprint density at radius 1 is 1.15 bits per heavy atom. The van der Waals surface area contributed by atoms with Crippen LogP contribution in [0.25, 0.3) is 11.1 Å². The van der Waals surface area contributed by atoms with Crippen molar-refractivity contribution >= 4 is 32.7 Å². The molecule has 1 amide bonds. The van der Waals surface area contributed by atoms with Crippen molar-refractivity contribution in [2.75, 3.05) is 38.1 Å². The number of nitrogens with zero attached hydrogens (tertiary/aromatic N) is 3. The first-order valence-corrected chi connectivity index (χ1v) is 15.8. The van der Waals surface area contributed by atoms with Gasteiger partial charge >= 0.3 is 5.76 Å². The number of carbonyl (C=O) groups excluding carboxylic acids is 1. The lowest BCUT2D eigenvalue weighted by Crippen LogP contribution is -2.64. The number of rotatable bonds is 8. The van der Waals surface area contributed by atoms with Gasteiger partial charge in [-0.15, -0.1) is 0 Å². The molecule has 2 fully saturated rings. The van der Waals surface area contributed by atoms with Crippen molar-refractivity contribution in [3.63, 3.8) is 0 Å². The second-order valence-electron chi connectivity index (χ2n) is 11.8. The molecule has 0 radical (unpaired) electrons. The summed E-state index contributed by atoms with van der Waals surface area (Å²) >= 11 is 0. The van der Waals surface area contributed by atoms with Crippen LogP contribution < -0.4 is 11.1 Å². The first-order valence-electron chi connectivity index (χ1n) is 14.4. The summed E-state index contributed by atoms with van der Waals surface area (Å²) < 4.78 is 42.7. The maximum absolute atomic E-state index is 13.9. The summed E-state index contributed by atoms with van der Waals surface area (Å²) in [6.45, 7) is 10.4. The molecular formula is C30H40N4O6S. The molecule has 10 nitrogen and oxygen atoms in total.